The molecule has 0 aliphatic carbocycles. The van der Waals surface area contributed by atoms with E-state index in [1.165, 1.54) is 0 Å². The molecule has 4 heteroatoms. The summed E-state index contributed by atoms with van der Waals surface area (Å²) in [6.45, 7) is 0. The van der Waals surface area contributed by atoms with Gasteiger partial charge in [0, 0.05) is 18.0 Å². The highest BCUT2D eigenvalue weighted by Crippen LogP contribution is 2.29. The van der Waals surface area contributed by atoms with Gasteiger partial charge in [-0.25, -0.2) is 4.79 Å². The average Bonchev–Trinajstić information content (AvgIpc) is 2.40. The summed E-state index contributed by atoms with van der Waals surface area (Å²) in [6, 6.07) is 11.0. The Morgan fingerprint density at radius 3 is 2.88 bits per heavy atom. The number of anilines is 1. The normalized spacial score (nSPS) is 17.9. The van der Waals surface area contributed by atoms with E-state index in [1.807, 2.05) is 30.3 Å². The molecule has 1 aromatic heterocycles. The first-order valence-corrected chi connectivity index (χ1v) is 5.31. The van der Waals surface area contributed by atoms with Gasteiger partial charge < -0.3 is 10.1 Å². The van der Waals surface area contributed by atoms with Crippen molar-refractivity contribution in [1.82, 2.24) is 4.98 Å². The van der Waals surface area contributed by atoms with E-state index in [-0.39, 0.29) is 5.97 Å². The van der Waals surface area contributed by atoms with Crippen molar-refractivity contribution in [2.24, 2.45) is 0 Å². The third kappa shape index (κ3) is 1.73. The minimum absolute atomic E-state index is 0.312. The molecule has 1 aliphatic rings. The van der Waals surface area contributed by atoms with Crippen molar-refractivity contribution in [3.63, 3.8) is 0 Å². The molecule has 1 N–H and O–H groups in total. The monoisotopic (exact) mass is 226 g/mol. The molecule has 0 saturated carbocycles. The number of carbonyl (C=O) groups is 1. The average molecular weight is 226 g/mol. The first-order chi connectivity index (χ1) is 8.34. The Morgan fingerprint density at radius 2 is 2.06 bits per heavy atom. The summed E-state index contributed by atoms with van der Waals surface area (Å²) in [5, 5.41) is 3.16. The number of rotatable bonds is 1. The number of nitrogens with one attached hydrogen (secondary N) is 1. The van der Waals surface area contributed by atoms with Gasteiger partial charge in [-0.2, -0.15) is 0 Å². The molecule has 0 amide bonds. The van der Waals surface area contributed by atoms with Crippen LogP contribution >= 0.6 is 0 Å². The van der Waals surface area contributed by atoms with Gasteiger partial charge in [-0.1, -0.05) is 18.2 Å². The van der Waals surface area contributed by atoms with Crippen LogP contribution in [0, 0.1) is 0 Å². The molecule has 0 saturated heterocycles. The Kier molecular flexibility index (Phi) is 2.26. The van der Waals surface area contributed by atoms with Gasteiger partial charge in [0.2, 0.25) is 6.23 Å². The lowest BCUT2D eigenvalue weighted by Crippen LogP contribution is -2.25. The second-order valence-electron chi connectivity index (χ2n) is 3.76. The summed E-state index contributed by atoms with van der Waals surface area (Å²) in [7, 11) is 0. The summed E-state index contributed by atoms with van der Waals surface area (Å²) in [5.41, 5.74) is 2.18. The van der Waals surface area contributed by atoms with Crippen molar-refractivity contribution < 1.29 is 9.53 Å². The van der Waals surface area contributed by atoms with E-state index in [0.717, 1.165) is 11.3 Å². The van der Waals surface area contributed by atoms with Crippen LogP contribution in [-0.2, 0) is 4.74 Å². The molecule has 0 spiro atoms. The Hall–Kier alpha value is -2.36. The molecule has 84 valence electrons. The smallest absolute Gasteiger partial charge is 0.342 e. The van der Waals surface area contributed by atoms with Crippen LogP contribution in [0.1, 0.15) is 22.1 Å². The number of ether oxygens (including phenoxy) is 1. The molecule has 17 heavy (non-hydrogen) atoms. The van der Waals surface area contributed by atoms with Crippen LogP contribution < -0.4 is 5.32 Å². The van der Waals surface area contributed by atoms with Crippen LogP contribution in [0.5, 0.6) is 0 Å². The molecule has 2 aromatic rings. The molecule has 1 aromatic carbocycles. The first kappa shape index (κ1) is 9.84. The van der Waals surface area contributed by atoms with Crippen molar-refractivity contribution in [3.05, 3.63) is 59.9 Å². The summed E-state index contributed by atoms with van der Waals surface area (Å²) >= 11 is 0. The lowest BCUT2D eigenvalue weighted by atomic mass is 10.1. The fraction of sp³-hybridized carbons (Fsp3) is 0.0769. The van der Waals surface area contributed by atoms with E-state index in [9.17, 15) is 4.79 Å². The number of cyclic esters (lactones) is 1. The SMILES string of the molecule is O=C1OC(c2cccnc2)Nc2ccccc21. The number of para-hydroxylation sites is 1. The number of benzene rings is 1. The summed E-state index contributed by atoms with van der Waals surface area (Å²) in [5.74, 6) is -0.312. The highest BCUT2D eigenvalue weighted by Gasteiger charge is 2.26. The molecule has 1 atom stereocenters. The minimum Gasteiger partial charge on any atom is -0.434 e. The number of carbonyl (C=O) groups excluding carboxylic acids is 1. The molecule has 0 bridgehead atoms. The standard InChI is InChI=1S/C13H10N2O2/c16-13-10-5-1-2-6-11(10)15-12(17-13)9-4-3-7-14-8-9/h1-8,12,15H. The predicted octanol–water partition coefficient (Wildman–Crippen LogP) is 2.36. The second-order valence-corrected chi connectivity index (χ2v) is 3.76. The van der Waals surface area contributed by atoms with E-state index < -0.39 is 6.23 Å². The summed E-state index contributed by atoms with van der Waals surface area (Å²) in [4.78, 5) is 15.8. The maximum atomic E-state index is 11.8. The summed E-state index contributed by atoms with van der Waals surface area (Å²) < 4.78 is 5.31. The number of aromatic nitrogens is 1. The topological polar surface area (TPSA) is 51.2 Å². The Bertz CT molecular complexity index is 554. The van der Waals surface area contributed by atoms with Gasteiger partial charge >= 0.3 is 5.97 Å². The zero-order valence-electron chi connectivity index (χ0n) is 8.96. The quantitative estimate of drug-likeness (QED) is 0.758. The maximum absolute atomic E-state index is 11.8. The molecule has 1 unspecified atom stereocenters. The van der Waals surface area contributed by atoms with Crippen LogP contribution in [0.4, 0.5) is 5.69 Å². The number of nitrogens with zero attached hydrogens (tertiary/aromatic N) is 1. The maximum Gasteiger partial charge on any atom is 0.342 e. The number of fused-ring (bicyclic) bond motifs is 1. The Labute approximate surface area is 98.3 Å². The zero-order chi connectivity index (χ0) is 11.7. The van der Waals surface area contributed by atoms with Crippen LogP contribution in [0.25, 0.3) is 0 Å². The largest absolute Gasteiger partial charge is 0.434 e. The molecule has 0 radical (unpaired) electrons. The van der Waals surface area contributed by atoms with Crippen molar-refractivity contribution in [1.29, 1.82) is 0 Å². The van der Waals surface area contributed by atoms with Crippen LogP contribution in [0.3, 0.4) is 0 Å². The van der Waals surface area contributed by atoms with Crippen molar-refractivity contribution in [2.75, 3.05) is 5.32 Å². The fourth-order valence-corrected chi connectivity index (χ4v) is 1.81. The predicted molar refractivity (Wildman–Crippen MR) is 62.5 cm³/mol. The van der Waals surface area contributed by atoms with Crippen LogP contribution in [-0.4, -0.2) is 11.0 Å². The van der Waals surface area contributed by atoms with Crippen molar-refractivity contribution in [2.45, 2.75) is 6.23 Å². The van der Waals surface area contributed by atoms with E-state index in [1.54, 1.807) is 18.5 Å². The minimum atomic E-state index is -0.467. The van der Waals surface area contributed by atoms with Gasteiger partial charge in [0.1, 0.15) is 0 Å². The number of esters is 1. The molecule has 3 rings (SSSR count). The molecule has 0 fully saturated rings. The zero-order valence-corrected chi connectivity index (χ0v) is 8.96. The molecule has 4 nitrogen and oxygen atoms in total. The Balaban J connectivity index is 1.97. The fourth-order valence-electron chi connectivity index (χ4n) is 1.81. The van der Waals surface area contributed by atoms with Gasteiger partial charge in [0.25, 0.3) is 0 Å². The van der Waals surface area contributed by atoms with E-state index in [4.69, 9.17) is 4.74 Å². The number of pyridine rings is 1. The Morgan fingerprint density at radius 1 is 1.18 bits per heavy atom. The van der Waals surface area contributed by atoms with E-state index in [2.05, 4.69) is 10.3 Å². The van der Waals surface area contributed by atoms with E-state index >= 15 is 0 Å². The van der Waals surface area contributed by atoms with Crippen LogP contribution in [0.2, 0.25) is 0 Å². The van der Waals surface area contributed by atoms with Crippen molar-refractivity contribution in [3.8, 4) is 0 Å². The molecular formula is C13H10N2O2. The number of hydrogen-bond donors (Lipinski definition) is 1. The molecular weight excluding hydrogens is 216 g/mol. The summed E-state index contributed by atoms with van der Waals surface area (Å²) in [6.07, 6.45) is 2.90. The van der Waals surface area contributed by atoms with Crippen LogP contribution in [0.15, 0.2) is 48.8 Å². The lowest BCUT2D eigenvalue weighted by molar-refractivity contribution is 0.0330. The highest BCUT2D eigenvalue weighted by molar-refractivity contribution is 5.97. The van der Waals surface area contributed by atoms with Gasteiger partial charge in [0.05, 0.1) is 11.3 Å². The van der Waals surface area contributed by atoms with E-state index in [0.29, 0.717) is 5.56 Å². The third-order valence-corrected chi connectivity index (χ3v) is 2.65. The number of hydrogen-bond acceptors (Lipinski definition) is 4. The van der Waals surface area contributed by atoms with Gasteiger partial charge in [0.15, 0.2) is 0 Å². The van der Waals surface area contributed by atoms with Gasteiger partial charge in [-0.3, -0.25) is 4.98 Å². The lowest BCUT2D eigenvalue weighted by Gasteiger charge is -2.26. The van der Waals surface area contributed by atoms with Gasteiger partial charge in [-0.15, -0.1) is 0 Å². The van der Waals surface area contributed by atoms with Crippen molar-refractivity contribution >= 4 is 11.7 Å². The third-order valence-electron chi connectivity index (χ3n) is 2.65. The highest BCUT2D eigenvalue weighted by atomic mass is 16.6. The molecule has 1 aliphatic heterocycles. The second kappa shape index (κ2) is 3.90. The van der Waals surface area contributed by atoms with Gasteiger partial charge in [-0.05, 0) is 18.2 Å². The molecule has 2 heterocycles. The first-order valence-electron chi connectivity index (χ1n) is 5.31.